The Labute approximate surface area is 126 Å². The van der Waals surface area contributed by atoms with Crippen molar-refractivity contribution in [1.29, 1.82) is 0 Å². The molecule has 1 heterocycles. The monoisotopic (exact) mass is 329 g/mol. The smallest absolute Gasteiger partial charge is 0.117 e. The molecule has 20 heavy (non-hydrogen) atoms. The van der Waals surface area contributed by atoms with Gasteiger partial charge in [-0.05, 0) is 31.5 Å². The molecule has 3 nitrogen and oxygen atoms in total. The number of nitrogen functional groups attached to an aromatic ring is 1. The van der Waals surface area contributed by atoms with E-state index in [4.69, 9.17) is 10.7 Å². The Morgan fingerprint density at radius 3 is 2.55 bits per heavy atom. The van der Waals surface area contributed by atoms with Gasteiger partial charge >= 0.3 is 0 Å². The molecule has 2 aromatic carbocycles. The quantitative estimate of drug-likeness (QED) is 0.691. The van der Waals surface area contributed by atoms with Crippen molar-refractivity contribution in [2.75, 3.05) is 5.73 Å². The highest BCUT2D eigenvalue weighted by atomic mass is 79.9. The van der Waals surface area contributed by atoms with Crippen molar-refractivity contribution in [3.8, 4) is 0 Å². The summed E-state index contributed by atoms with van der Waals surface area (Å²) in [5, 5.41) is 0. The summed E-state index contributed by atoms with van der Waals surface area (Å²) < 4.78 is 0.954. The molecule has 0 saturated heterocycles. The highest BCUT2D eigenvalue weighted by Crippen LogP contribution is 2.32. The highest BCUT2D eigenvalue weighted by Gasteiger charge is 2.27. The maximum absolute atomic E-state index is 6.04. The molecule has 0 aliphatic carbocycles. The lowest BCUT2D eigenvalue weighted by Gasteiger charge is -2.22. The molecule has 4 heteroatoms. The van der Waals surface area contributed by atoms with Crippen molar-refractivity contribution in [2.24, 2.45) is 0 Å². The Bertz CT molecular complexity index is 760. The van der Waals surface area contributed by atoms with Gasteiger partial charge in [0.2, 0.25) is 0 Å². The van der Waals surface area contributed by atoms with Crippen LogP contribution in [0.15, 0.2) is 46.9 Å². The molecule has 0 aliphatic rings. The molecule has 3 rings (SSSR count). The lowest BCUT2D eigenvalue weighted by molar-refractivity contribution is 0.601. The molecule has 0 amide bonds. The van der Waals surface area contributed by atoms with E-state index in [1.807, 2.05) is 30.3 Å². The van der Waals surface area contributed by atoms with Crippen molar-refractivity contribution >= 4 is 32.7 Å². The summed E-state index contributed by atoms with van der Waals surface area (Å²) in [5.74, 6) is 0.920. The number of hydrogen-bond acceptors (Lipinski definition) is 2. The van der Waals surface area contributed by atoms with Gasteiger partial charge in [0.25, 0.3) is 0 Å². The summed E-state index contributed by atoms with van der Waals surface area (Å²) >= 11 is 3.46. The van der Waals surface area contributed by atoms with Gasteiger partial charge in [-0.1, -0.05) is 46.3 Å². The van der Waals surface area contributed by atoms with Gasteiger partial charge in [0.15, 0.2) is 0 Å². The number of imidazole rings is 1. The fourth-order valence-corrected chi connectivity index (χ4v) is 2.87. The lowest BCUT2D eigenvalue weighted by Crippen LogP contribution is -2.20. The van der Waals surface area contributed by atoms with Gasteiger partial charge in [-0.15, -0.1) is 0 Å². The first-order valence-corrected chi connectivity index (χ1v) is 7.28. The molecule has 0 atom stereocenters. The molecule has 0 unspecified atom stereocenters. The number of halogens is 1. The number of aromatic amines is 1. The van der Waals surface area contributed by atoms with Crippen molar-refractivity contribution in [1.82, 2.24) is 9.97 Å². The Balaban J connectivity index is 2.17. The number of nitrogens with zero attached hydrogens (tertiary/aromatic N) is 1. The van der Waals surface area contributed by atoms with Crippen LogP contribution < -0.4 is 5.73 Å². The van der Waals surface area contributed by atoms with Crippen LogP contribution in [0, 0.1) is 0 Å². The minimum absolute atomic E-state index is 0.195. The van der Waals surface area contributed by atoms with Gasteiger partial charge < -0.3 is 10.7 Å². The first-order valence-electron chi connectivity index (χ1n) is 6.49. The van der Waals surface area contributed by atoms with Crippen LogP contribution in [0.1, 0.15) is 25.2 Å². The molecule has 102 valence electrons. The van der Waals surface area contributed by atoms with Crippen molar-refractivity contribution in [2.45, 2.75) is 19.3 Å². The van der Waals surface area contributed by atoms with Crippen LogP contribution in [0.2, 0.25) is 0 Å². The van der Waals surface area contributed by atoms with Crippen molar-refractivity contribution < 1.29 is 0 Å². The second-order valence-corrected chi connectivity index (χ2v) is 6.38. The topological polar surface area (TPSA) is 54.7 Å². The van der Waals surface area contributed by atoms with Crippen LogP contribution in [0.4, 0.5) is 5.69 Å². The Kier molecular flexibility index (Phi) is 3.05. The van der Waals surface area contributed by atoms with Crippen LogP contribution in [-0.4, -0.2) is 9.97 Å². The van der Waals surface area contributed by atoms with E-state index in [0.717, 1.165) is 21.3 Å². The zero-order chi connectivity index (χ0) is 14.3. The average Bonchev–Trinajstić information content (AvgIpc) is 2.84. The molecule has 3 N–H and O–H groups in total. The fraction of sp³-hybridized carbons (Fsp3) is 0.188. The molecule has 0 radical (unpaired) electrons. The molecular formula is C16H16BrN3. The Morgan fingerprint density at radius 2 is 1.85 bits per heavy atom. The van der Waals surface area contributed by atoms with Gasteiger partial charge in [0.1, 0.15) is 11.3 Å². The summed E-state index contributed by atoms with van der Waals surface area (Å²) in [6.07, 6.45) is 0. The Morgan fingerprint density at radius 1 is 1.15 bits per heavy atom. The van der Waals surface area contributed by atoms with E-state index >= 15 is 0 Å². The number of aromatic nitrogens is 2. The molecule has 3 aromatic rings. The third kappa shape index (κ3) is 2.10. The number of nitrogens with two attached hydrogens (primary N) is 1. The predicted molar refractivity (Wildman–Crippen MR) is 86.8 cm³/mol. The van der Waals surface area contributed by atoms with Gasteiger partial charge in [0.05, 0.1) is 11.2 Å². The molecule has 0 bridgehead atoms. The molecule has 1 aromatic heterocycles. The van der Waals surface area contributed by atoms with Gasteiger partial charge in [0, 0.05) is 9.89 Å². The lowest BCUT2D eigenvalue weighted by atomic mass is 9.84. The number of H-pyrrole nitrogens is 1. The molecular weight excluding hydrogens is 314 g/mol. The first-order chi connectivity index (χ1) is 9.48. The van der Waals surface area contributed by atoms with E-state index in [2.05, 4.69) is 46.9 Å². The van der Waals surface area contributed by atoms with E-state index in [1.165, 1.54) is 5.56 Å². The molecule has 0 fully saturated rings. The Hall–Kier alpha value is -1.81. The van der Waals surface area contributed by atoms with Gasteiger partial charge in [-0.2, -0.15) is 0 Å². The van der Waals surface area contributed by atoms with Gasteiger partial charge in [-0.25, -0.2) is 4.98 Å². The average molecular weight is 330 g/mol. The molecule has 0 saturated carbocycles. The second-order valence-electron chi connectivity index (χ2n) is 5.47. The maximum atomic E-state index is 6.04. The number of hydrogen-bond donors (Lipinski definition) is 2. The van der Waals surface area contributed by atoms with E-state index in [-0.39, 0.29) is 5.41 Å². The summed E-state index contributed by atoms with van der Waals surface area (Å²) in [6.45, 7) is 4.32. The third-order valence-electron chi connectivity index (χ3n) is 3.67. The fourth-order valence-electron chi connectivity index (χ4n) is 2.40. The third-order valence-corrected chi connectivity index (χ3v) is 4.13. The van der Waals surface area contributed by atoms with E-state index in [9.17, 15) is 0 Å². The SMILES string of the molecule is CC(C)(c1ccccc1)c1nc2c(N)cc(Br)cc2[nH]1. The van der Waals surface area contributed by atoms with E-state index < -0.39 is 0 Å². The normalized spacial score (nSPS) is 11.9. The summed E-state index contributed by atoms with van der Waals surface area (Å²) in [5.41, 5.74) is 9.53. The van der Waals surface area contributed by atoms with Crippen molar-refractivity contribution in [3.63, 3.8) is 0 Å². The van der Waals surface area contributed by atoms with Crippen LogP contribution in [0.25, 0.3) is 11.0 Å². The minimum atomic E-state index is -0.195. The number of anilines is 1. The predicted octanol–water partition coefficient (Wildman–Crippen LogP) is 4.23. The van der Waals surface area contributed by atoms with Crippen LogP contribution >= 0.6 is 15.9 Å². The number of rotatable bonds is 2. The van der Waals surface area contributed by atoms with Crippen LogP contribution in [0.3, 0.4) is 0 Å². The zero-order valence-corrected chi connectivity index (χ0v) is 13.0. The summed E-state index contributed by atoms with van der Waals surface area (Å²) in [6, 6.07) is 14.2. The minimum Gasteiger partial charge on any atom is -0.397 e. The first kappa shape index (κ1) is 13.2. The number of fused-ring (bicyclic) bond motifs is 1. The standard InChI is InChI=1S/C16H16BrN3/c1-16(2,10-6-4-3-5-7-10)15-19-13-9-11(17)8-12(18)14(13)20-15/h3-9H,18H2,1-2H3,(H,19,20). The maximum Gasteiger partial charge on any atom is 0.117 e. The van der Waals surface area contributed by atoms with Crippen LogP contribution in [-0.2, 0) is 5.41 Å². The summed E-state index contributed by atoms with van der Waals surface area (Å²) in [4.78, 5) is 8.09. The molecule has 0 aliphatic heterocycles. The van der Waals surface area contributed by atoms with Crippen LogP contribution in [0.5, 0.6) is 0 Å². The van der Waals surface area contributed by atoms with Crippen molar-refractivity contribution in [3.05, 3.63) is 58.3 Å². The second kappa shape index (κ2) is 4.63. The number of nitrogens with one attached hydrogen (secondary N) is 1. The molecule has 0 spiro atoms. The van der Waals surface area contributed by atoms with Gasteiger partial charge in [-0.3, -0.25) is 0 Å². The van der Waals surface area contributed by atoms with E-state index in [0.29, 0.717) is 5.69 Å². The zero-order valence-electron chi connectivity index (χ0n) is 11.4. The number of benzene rings is 2. The summed E-state index contributed by atoms with van der Waals surface area (Å²) in [7, 11) is 0. The van der Waals surface area contributed by atoms with E-state index in [1.54, 1.807) is 0 Å². The largest absolute Gasteiger partial charge is 0.397 e. The highest BCUT2D eigenvalue weighted by molar-refractivity contribution is 9.10.